The summed E-state index contributed by atoms with van der Waals surface area (Å²) >= 11 is 0. The van der Waals surface area contributed by atoms with Crippen LogP contribution in [0.1, 0.15) is 74.6 Å². The number of likely N-dealkylation sites (tertiary alicyclic amines) is 1. The van der Waals surface area contributed by atoms with Gasteiger partial charge in [-0.1, -0.05) is 56.3 Å². The molecule has 0 aromatic heterocycles. The van der Waals surface area contributed by atoms with Gasteiger partial charge in [-0.3, -0.25) is 9.59 Å². The lowest BCUT2D eigenvalue weighted by Gasteiger charge is -2.31. The molecular weight excluding hydrogens is 453 g/mol. The minimum absolute atomic E-state index is 0.00867. The van der Waals surface area contributed by atoms with Crippen LogP contribution >= 0.6 is 0 Å². The van der Waals surface area contributed by atoms with Gasteiger partial charge in [-0.15, -0.1) is 0 Å². The molecule has 1 aliphatic heterocycles. The molecule has 2 aromatic carbocycles. The molecule has 2 aliphatic carbocycles. The third-order valence-electron chi connectivity index (χ3n) is 7.97. The summed E-state index contributed by atoms with van der Waals surface area (Å²) in [6, 6.07) is 15.4. The van der Waals surface area contributed by atoms with Crippen molar-refractivity contribution in [2.75, 3.05) is 25.0 Å². The van der Waals surface area contributed by atoms with E-state index in [1.165, 1.54) is 24.9 Å². The van der Waals surface area contributed by atoms with Crippen molar-refractivity contribution in [3.05, 3.63) is 65.2 Å². The third-order valence-corrected chi connectivity index (χ3v) is 7.97. The zero-order valence-corrected chi connectivity index (χ0v) is 21.4. The maximum atomic E-state index is 13.7. The summed E-state index contributed by atoms with van der Waals surface area (Å²) in [7, 11) is 0. The first-order valence-electron chi connectivity index (χ1n) is 13.6. The average molecular weight is 492 g/mol. The van der Waals surface area contributed by atoms with Crippen LogP contribution in [0.5, 0.6) is 0 Å². The number of halogens is 1. The number of hydrogen-bond donors (Lipinski definition) is 2. The lowest BCUT2D eigenvalue weighted by Crippen LogP contribution is -2.39. The van der Waals surface area contributed by atoms with Crippen molar-refractivity contribution in [2.24, 2.45) is 17.8 Å². The number of amides is 2. The van der Waals surface area contributed by atoms with Crippen LogP contribution in [0, 0.1) is 17.8 Å². The highest BCUT2D eigenvalue weighted by molar-refractivity contribution is 5.93. The van der Waals surface area contributed by atoms with E-state index >= 15 is 0 Å². The Morgan fingerprint density at radius 2 is 1.58 bits per heavy atom. The highest BCUT2D eigenvalue weighted by Gasteiger charge is 2.44. The molecular formula is C30H38FN3O2. The van der Waals surface area contributed by atoms with E-state index in [4.69, 9.17) is 0 Å². The van der Waals surface area contributed by atoms with Crippen molar-refractivity contribution >= 4 is 17.5 Å². The molecule has 6 heteroatoms. The Labute approximate surface area is 213 Å². The lowest BCUT2D eigenvalue weighted by atomic mass is 9.93. The topological polar surface area (TPSA) is 61.4 Å². The second-order valence-corrected chi connectivity index (χ2v) is 11.2. The molecule has 0 bridgehead atoms. The van der Waals surface area contributed by atoms with Crippen molar-refractivity contribution in [3.63, 3.8) is 0 Å². The maximum Gasteiger partial charge on any atom is 0.227 e. The smallest absolute Gasteiger partial charge is 0.227 e. The number of carbonyl (C=O) groups excluding carboxylic acids is 2. The van der Waals surface area contributed by atoms with Gasteiger partial charge in [0.05, 0.1) is 12.0 Å². The van der Waals surface area contributed by atoms with E-state index in [2.05, 4.69) is 41.5 Å². The van der Waals surface area contributed by atoms with E-state index in [0.717, 1.165) is 43.0 Å². The van der Waals surface area contributed by atoms with Gasteiger partial charge in [-0.2, -0.15) is 0 Å². The molecule has 1 heterocycles. The van der Waals surface area contributed by atoms with Gasteiger partial charge in [0.25, 0.3) is 0 Å². The number of anilines is 1. The number of rotatable bonds is 9. The quantitative estimate of drug-likeness (QED) is 0.491. The average Bonchev–Trinajstić information content (AvgIpc) is 3.82. The molecule has 3 atom stereocenters. The first-order valence-corrected chi connectivity index (χ1v) is 13.6. The van der Waals surface area contributed by atoms with Crippen LogP contribution in [0.3, 0.4) is 0 Å². The SMILES string of the molecule is CC(C)c1ccc([C@@H](NC(=O)[C@H]2C[C@@H]2F)c2ccccc2NC(=O)C2CCN(CC3CC3)CC2)cc1. The Kier molecular flexibility index (Phi) is 7.42. The first kappa shape index (κ1) is 24.9. The molecule has 192 valence electrons. The number of hydrogen-bond acceptors (Lipinski definition) is 3. The molecule has 5 rings (SSSR count). The Morgan fingerprint density at radius 3 is 2.19 bits per heavy atom. The lowest BCUT2D eigenvalue weighted by molar-refractivity contribution is -0.123. The summed E-state index contributed by atoms with van der Waals surface area (Å²) in [6.07, 6.45) is 3.66. The van der Waals surface area contributed by atoms with Gasteiger partial charge >= 0.3 is 0 Å². The van der Waals surface area contributed by atoms with Gasteiger partial charge < -0.3 is 15.5 Å². The summed E-state index contributed by atoms with van der Waals surface area (Å²) in [5.74, 6) is 0.445. The van der Waals surface area contributed by atoms with Gasteiger partial charge in [-0.05, 0) is 74.2 Å². The van der Waals surface area contributed by atoms with Crippen LogP contribution in [-0.2, 0) is 9.59 Å². The van der Waals surface area contributed by atoms with Crippen LogP contribution < -0.4 is 10.6 Å². The maximum absolute atomic E-state index is 13.7. The van der Waals surface area contributed by atoms with Crippen LogP contribution in [0.2, 0.25) is 0 Å². The van der Waals surface area contributed by atoms with Crippen LogP contribution in [0.25, 0.3) is 0 Å². The Hall–Kier alpha value is -2.73. The van der Waals surface area contributed by atoms with Gasteiger partial charge in [0, 0.05) is 23.7 Å². The largest absolute Gasteiger partial charge is 0.345 e. The second kappa shape index (κ2) is 10.7. The third kappa shape index (κ3) is 5.97. The standard InChI is InChI=1S/C30H38FN3O2/c1-19(2)21-9-11-22(12-10-21)28(33-30(36)25-17-26(25)31)24-5-3-4-6-27(24)32-29(35)23-13-15-34(16-14-23)18-20-7-8-20/h3-6,9-12,19-20,23,25-26,28H,7-8,13-18H2,1-2H3,(H,32,35)(H,33,36)/t25-,26-,28+/m0/s1. The van der Waals surface area contributed by atoms with Crippen molar-refractivity contribution in [1.82, 2.24) is 10.2 Å². The number of alkyl halides is 1. The molecule has 5 nitrogen and oxygen atoms in total. The zero-order valence-electron chi connectivity index (χ0n) is 21.4. The number of carbonyl (C=O) groups is 2. The molecule has 2 N–H and O–H groups in total. The van der Waals surface area contributed by atoms with Crippen molar-refractivity contribution in [1.29, 1.82) is 0 Å². The Balaban J connectivity index is 1.33. The first-order chi connectivity index (χ1) is 17.4. The summed E-state index contributed by atoms with van der Waals surface area (Å²) < 4.78 is 13.7. The number of piperidine rings is 1. The van der Waals surface area contributed by atoms with Crippen LogP contribution in [0.15, 0.2) is 48.5 Å². The monoisotopic (exact) mass is 491 g/mol. The molecule has 2 saturated carbocycles. The summed E-state index contributed by atoms with van der Waals surface area (Å²) in [5, 5.41) is 6.25. The summed E-state index contributed by atoms with van der Waals surface area (Å²) in [5.41, 5.74) is 3.65. The molecule has 3 aliphatic rings. The van der Waals surface area contributed by atoms with Crippen molar-refractivity contribution in [3.8, 4) is 0 Å². The Morgan fingerprint density at radius 1 is 0.944 bits per heavy atom. The van der Waals surface area contributed by atoms with Crippen LogP contribution in [0.4, 0.5) is 10.1 Å². The normalized spacial score (nSPS) is 23.3. The minimum Gasteiger partial charge on any atom is -0.345 e. The van der Waals surface area contributed by atoms with E-state index in [1.54, 1.807) is 0 Å². The summed E-state index contributed by atoms with van der Waals surface area (Å²) in [6.45, 7) is 7.41. The number of benzene rings is 2. The fourth-order valence-electron chi connectivity index (χ4n) is 5.24. The van der Waals surface area contributed by atoms with Crippen LogP contribution in [-0.4, -0.2) is 42.5 Å². The van der Waals surface area contributed by atoms with E-state index in [-0.39, 0.29) is 24.2 Å². The van der Waals surface area contributed by atoms with Crippen molar-refractivity contribution < 1.29 is 14.0 Å². The summed E-state index contributed by atoms with van der Waals surface area (Å²) in [4.78, 5) is 28.6. The van der Waals surface area contributed by atoms with Gasteiger partial charge in [0.1, 0.15) is 6.17 Å². The molecule has 1 saturated heterocycles. The predicted octanol–water partition coefficient (Wildman–Crippen LogP) is 5.43. The van der Waals surface area contributed by atoms with Gasteiger partial charge in [-0.25, -0.2) is 4.39 Å². The fourth-order valence-corrected chi connectivity index (χ4v) is 5.24. The van der Waals surface area contributed by atoms with E-state index < -0.39 is 18.1 Å². The fraction of sp³-hybridized carbons (Fsp3) is 0.533. The van der Waals surface area contributed by atoms with E-state index in [1.807, 2.05) is 36.4 Å². The van der Waals surface area contributed by atoms with Gasteiger partial charge in [0.15, 0.2) is 0 Å². The second-order valence-electron chi connectivity index (χ2n) is 11.2. The predicted molar refractivity (Wildman–Crippen MR) is 140 cm³/mol. The highest BCUT2D eigenvalue weighted by atomic mass is 19.1. The minimum atomic E-state index is -1.06. The number of nitrogens with one attached hydrogen (secondary N) is 2. The number of para-hydroxylation sites is 1. The van der Waals surface area contributed by atoms with E-state index in [0.29, 0.717) is 11.6 Å². The van der Waals surface area contributed by atoms with E-state index in [9.17, 15) is 14.0 Å². The molecule has 3 fully saturated rings. The molecule has 0 unspecified atom stereocenters. The molecule has 36 heavy (non-hydrogen) atoms. The number of nitrogens with zero attached hydrogens (tertiary/aromatic N) is 1. The molecule has 2 aromatic rings. The van der Waals surface area contributed by atoms with Gasteiger partial charge in [0.2, 0.25) is 11.8 Å². The molecule has 2 amide bonds. The molecule has 0 radical (unpaired) electrons. The zero-order chi connectivity index (χ0) is 25.2. The highest BCUT2D eigenvalue weighted by Crippen LogP contribution is 2.37. The van der Waals surface area contributed by atoms with Crippen molar-refractivity contribution in [2.45, 2.75) is 64.1 Å². The Bertz CT molecular complexity index is 1070. The molecule has 0 spiro atoms.